The Balaban J connectivity index is 1.72. The normalized spacial score (nSPS) is 16.6. The summed E-state index contributed by atoms with van der Waals surface area (Å²) in [6.07, 6.45) is 11.1. The van der Waals surface area contributed by atoms with E-state index in [9.17, 15) is 0 Å². The third-order valence-electron chi connectivity index (χ3n) is 3.97. The van der Waals surface area contributed by atoms with Crippen molar-refractivity contribution in [2.24, 2.45) is 0 Å². The molecular weight excluding hydrogens is 258 g/mol. The summed E-state index contributed by atoms with van der Waals surface area (Å²) in [6.45, 7) is 2.09. The molecule has 2 rings (SSSR count). The Morgan fingerprint density at radius 1 is 1.32 bits per heavy atom. The van der Waals surface area contributed by atoms with Crippen molar-refractivity contribution in [1.82, 2.24) is 14.7 Å². The first-order chi connectivity index (χ1) is 9.29. The van der Waals surface area contributed by atoms with Crippen LogP contribution in [0.3, 0.4) is 0 Å². The lowest BCUT2D eigenvalue weighted by molar-refractivity contribution is 0.311. The van der Waals surface area contributed by atoms with E-state index < -0.39 is 0 Å². The van der Waals surface area contributed by atoms with E-state index in [0.717, 1.165) is 25.4 Å². The minimum Gasteiger partial charge on any atom is -0.300 e. The molecule has 0 atom stereocenters. The van der Waals surface area contributed by atoms with Crippen molar-refractivity contribution < 1.29 is 0 Å². The molecular formula is C15H26ClN3. The van der Waals surface area contributed by atoms with E-state index in [1.807, 2.05) is 0 Å². The summed E-state index contributed by atoms with van der Waals surface area (Å²) in [7, 11) is 2.18. The van der Waals surface area contributed by atoms with Crippen LogP contribution in [0, 0.1) is 0 Å². The molecule has 0 unspecified atom stereocenters. The van der Waals surface area contributed by atoms with E-state index in [1.54, 1.807) is 0 Å². The van der Waals surface area contributed by atoms with Crippen LogP contribution >= 0.6 is 11.6 Å². The van der Waals surface area contributed by atoms with E-state index in [0.29, 0.717) is 6.04 Å². The molecule has 4 heteroatoms. The lowest BCUT2D eigenvalue weighted by Gasteiger charge is -2.15. The lowest BCUT2D eigenvalue weighted by atomic mass is 10.2. The van der Waals surface area contributed by atoms with Crippen molar-refractivity contribution in [3.05, 3.63) is 18.0 Å². The average Bonchev–Trinajstić information content (AvgIpc) is 3.04. The van der Waals surface area contributed by atoms with Gasteiger partial charge in [-0.2, -0.15) is 5.10 Å². The molecule has 1 heterocycles. The molecule has 19 heavy (non-hydrogen) atoms. The van der Waals surface area contributed by atoms with Gasteiger partial charge in [0.15, 0.2) is 0 Å². The van der Waals surface area contributed by atoms with Gasteiger partial charge < -0.3 is 4.90 Å². The molecule has 1 aromatic rings. The summed E-state index contributed by atoms with van der Waals surface area (Å²) in [5, 5.41) is 4.73. The third-order valence-corrected chi connectivity index (χ3v) is 4.24. The molecule has 0 spiro atoms. The summed E-state index contributed by atoms with van der Waals surface area (Å²) in [5.74, 6) is 0.787. The molecule has 0 N–H and O–H groups in total. The molecule has 3 nitrogen and oxygen atoms in total. The Bertz CT molecular complexity index is 358. The number of hydrogen-bond acceptors (Lipinski definition) is 2. The molecule has 0 saturated heterocycles. The Morgan fingerprint density at radius 3 is 2.84 bits per heavy atom. The molecule has 1 aliphatic carbocycles. The van der Waals surface area contributed by atoms with E-state index in [1.165, 1.54) is 44.2 Å². The zero-order chi connectivity index (χ0) is 13.5. The van der Waals surface area contributed by atoms with Gasteiger partial charge in [0.2, 0.25) is 0 Å². The van der Waals surface area contributed by atoms with Gasteiger partial charge in [-0.15, -0.1) is 11.6 Å². The molecule has 108 valence electrons. The molecule has 0 aliphatic heterocycles. The number of halogens is 1. The predicted octanol–water partition coefficient (Wildman–Crippen LogP) is 3.84. The van der Waals surface area contributed by atoms with Crippen molar-refractivity contribution in [1.29, 1.82) is 0 Å². The molecule has 0 aromatic carbocycles. The Kier molecular flexibility index (Phi) is 6.18. The van der Waals surface area contributed by atoms with Crippen LogP contribution in [0.2, 0.25) is 0 Å². The van der Waals surface area contributed by atoms with Gasteiger partial charge in [-0.3, -0.25) is 4.68 Å². The maximum Gasteiger partial charge on any atom is 0.0764 e. The van der Waals surface area contributed by atoms with Crippen molar-refractivity contribution in [3.63, 3.8) is 0 Å². The Hall–Kier alpha value is -0.540. The van der Waals surface area contributed by atoms with Crippen molar-refractivity contribution in [2.75, 3.05) is 19.5 Å². The quantitative estimate of drug-likeness (QED) is 0.534. The van der Waals surface area contributed by atoms with Crippen LogP contribution in [0.4, 0.5) is 0 Å². The fourth-order valence-corrected chi connectivity index (χ4v) is 3.03. The fraction of sp³-hybridized carbons (Fsp3) is 0.800. The first-order valence-corrected chi connectivity index (χ1v) is 8.11. The minimum atomic E-state index is 0.655. The van der Waals surface area contributed by atoms with Gasteiger partial charge in [0, 0.05) is 18.6 Å². The van der Waals surface area contributed by atoms with Crippen molar-refractivity contribution in [2.45, 2.75) is 57.5 Å². The summed E-state index contributed by atoms with van der Waals surface area (Å²) < 4.78 is 2.18. The fourth-order valence-electron chi connectivity index (χ4n) is 2.84. The van der Waals surface area contributed by atoms with Crippen LogP contribution < -0.4 is 0 Å². The third kappa shape index (κ3) is 4.81. The van der Waals surface area contributed by atoms with Crippen LogP contribution in [0.5, 0.6) is 0 Å². The van der Waals surface area contributed by atoms with Gasteiger partial charge in [0.25, 0.3) is 0 Å². The van der Waals surface area contributed by atoms with Gasteiger partial charge in [0.05, 0.1) is 11.7 Å². The first-order valence-electron chi connectivity index (χ1n) is 7.58. The van der Waals surface area contributed by atoms with Crippen molar-refractivity contribution in [3.8, 4) is 0 Å². The molecule has 1 aliphatic rings. The highest BCUT2D eigenvalue weighted by Crippen LogP contribution is 2.28. The zero-order valence-electron chi connectivity index (χ0n) is 12.0. The minimum absolute atomic E-state index is 0.655. The van der Waals surface area contributed by atoms with E-state index in [2.05, 4.69) is 28.9 Å². The second-order valence-corrected chi connectivity index (χ2v) is 6.09. The van der Waals surface area contributed by atoms with Crippen molar-refractivity contribution >= 4 is 11.6 Å². The summed E-state index contributed by atoms with van der Waals surface area (Å²) in [6, 6.07) is 2.83. The highest BCUT2D eigenvalue weighted by atomic mass is 35.5. The maximum absolute atomic E-state index is 5.69. The van der Waals surface area contributed by atoms with E-state index in [4.69, 9.17) is 16.7 Å². The summed E-state index contributed by atoms with van der Waals surface area (Å²) >= 11 is 5.69. The molecule has 1 saturated carbocycles. The van der Waals surface area contributed by atoms with Crippen LogP contribution in [0.1, 0.15) is 56.7 Å². The number of nitrogens with zero attached hydrogens (tertiary/aromatic N) is 3. The topological polar surface area (TPSA) is 21.1 Å². The number of hydrogen-bond donors (Lipinski definition) is 0. The SMILES string of the molecule is CN(CCCCCCl)Cc1ccn(C2CCCC2)n1. The highest BCUT2D eigenvalue weighted by molar-refractivity contribution is 6.17. The second kappa shape index (κ2) is 7.91. The smallest absolute Gasteiger partial charge is 0.0764 e. The molecule has 0 amide bonds. The van der Waals surface area contributed by atoms with Gasteiger partial charge in [-0.05, 0) is 45.3 Å². The van der Waals surface area contributed by atoms with Crippen LogP contribution in [-0.2, 0) is 6.54 Å². The Morgan fingerprint density at radius 2 is 2.11 bits per heavy atom. The van der Waals surface area contributed by atoms with E-state index >= 15 is 0 Å². The van der Waals surface area contributed by atoms with Crippen LogP contribution in [0.15, 0.2) is 12.3 Å². The van der Waals surface area contributed by atoms with Gasteiger partial charge >= 0.3 is 0 Å². The maximum atomic E-state index is 5.69. The Labute approximate surface area is 121 Å². The first kappa shape index (κ1) is 14.9. The van der Waals surface area contributed by atoms with Crippen LogP contribution in [0.25, 0.3) is 0 Å². The number of aromatic nitrogens is 2. The highest BCUT2D eigenvalue weighted by Gasteiger charge is 2.17. The molecule has 0 radical (unpaired) electrons. The largest absolute Gasteiger partial charge is 0.300 e. The zero-order valence-corrected chi connectivity index (χ0v) is 12.8. The second-order valence-electron chi connectivity index (χ2n) is 5.71. The molecule has 1 fully saturated rings. The predicted molar refractivity (Wildman–Crippen MR) is 80.6 cm³/mol. The van der Waals surface area contributed by atoms with Gasteiger partial charge in [-0.25, -0.2) is 0 Å². The van der Waals surface area contributed by atoms with E-state index in [-0.39, 0.29) is 0 Å². The number of unbranched alkanes of at least 4 members (excludes halogenated alkanes) is 2. The number of alkyl halides is 1. The number of rotatable bonds is 8. The standard InChI is InChI=1S/C15H26ClN3/c1-18(11-6-2-5-10-16)13-14-9-12-19(17-14)15-7-3-4-8-15/h9,12,15H,2-8,10-11,13H2,1H3. The lowest BCUT2D eigenvalue weighted by Crippen LogP contribution is -2.19. The summed E-state index contributed by atoms with van der Waals surface area (Å²) in [5.41, 5.74) is 1.20. The van der Waals surface area contributed by atoms with Gasteiger partial charge in [-0.1, -0.05) is 19.3 Å². The molecule has 1 aromatic heterocycles. The molecule has 0 bridgehead atoms. The summed E-state index contributed by atoms with van der Waals surface area (Å²) in [4.78, 5) is 2.36. The van der Waals surface area contributed by atoms with Gasteiger partial charge in [0.1, 0.15) is 0 Å². The monoisotopic (exact) mass is 283 g/mol. The average molecular weight is 284 g/mol. The van der Waals surface area contributed by atoms with Crippen LogP contribution in [-0.4, -0.2) is 34.2 Å².